The van der Waals surface area contributed by atoms with E-state index in [4.69, 9.17) is 4.52 Å². The zero-order chi connectivity index (χ0) is 19.0. The van der Waals surface area contributed by atoms with Crippen LogP contribution in [0, 0.1) is 13.8 Å². The van der Waals surface area contributed by atoms with Crippen LogP contribution in [-0.2, 0) is 13.1 Å². The summed E-state index contributed by atoms with van der Waals surface area (Å²) in [4.78, 5) is 26.9. The Kier molecular flexibility index (Phi) is 4.23. The van der Waals surface area contributed by atoms with Crippen molar-refractivity contribution in [2.45, 2.75) is 26.9 Å². The molecular formula is C19H19N5O3. The van der Waals surface area contributed by atoms with E-state index in [9.17, 15) is 9.59 Å². The first-order valence-corrected chi connectivity index (χ1v) is 8.69. The van der Waals surface area contributed by atoms with Gasteiger partial charge in [-0.3, -0.25) is 14.3 Å². The SMILES string of the molecule is Cc1noc(C)c1CN(C(=O)c1cc2n(n1)CCNC2=O)c1ccccc1. The van der Waals surface area contributed by atoms with Crippen molar-refractivity contribution in [1.29, 1.82) is 0 Å². The van der Waals surface area contributed by atoms with Gasteiger partial charge in [-0.25, -0.2) is 0 Å². The van der Waals surface area contributed by atoms with E-state index in [1.54, 1.807) is 15.6 Å². The number of hydrogen-bond acceptors (Lipinski definition) is 5. The first-order chi connectivity index (χ1) is 13.0. The molecule has 138 valence electrons. The molecule has 0 saturated heterocycles. The normalized spacial score (nSPS) is 13.2. The maximum Gasteiger partial charge on any atom is 0.279 e. The van der Waals surface area contributed by atoms with E-state index in [0.717, 1.165) is 16.9 Å². The van der Waals surface area contributed by atoms with Crippen LogP contribution in [0.25, 0.3) is 0 Å². The Morgan fingerprint density at radius 1 is 1.30 bits per heavy atom. The highest BCUT2D eigenvalue weighted by Gasteiger charge is 2.27. The molecule has 1 aliphatic heterocycles. The van der Waals surface area contributed by atoms with E-state index in [0.29, 0.717) is 31.1 Å². The van der Waals surface area contributed by atoms with E-state index >= 15 is 0 Å². The van der Waals surface area contributed by atoms with E-state index in [1.807, 2.05) is 44.2 Å². The predicted molar refractivity (Wildman–Crippen MR) is 97.5 cm³/mol. The minimum atomic E-state index is -0.282. The number of rotatable bonds is 4. The van der Waals surface area contributed by atoms with Gasteiger partial charge in [0.1, 0.15) is 11.5 Å². The molecule has 1 N–H and O–H groups in total. The molecule has 0 atom stereocenters. The maximum atomic E-state index is 13.3. The molecule has 0 spiro atoms. The quantitative estimate of drug-likeness (QED) is 0.764. The van der Waals surface area contributed by atoms with Gasteiger partial charge in [-0.1, -0.05) is 23.4 Å². The van der Waals surface area contributed by atoms with E-state index in [-0.39, 0.29) is 17.5 Å². The van der Waals surface area contributed by atoms with Gasteiger partial charge in [0.25, 0.3) is 11.8 Å². The zero-order valence-corrected chi connectivity index (χ0v) is 15.1. The van der Waals surface area contributed by atoms with Crippen molar-refractivity contribution in [3.63, 3.8) is 0 Å². The average Bonchev–Trinajstić information content (AvgIpc) is 3.25. The molecule has 3 heterocycles. The molecule has 1 aromatic carbocycles. The monoisotopic (exact) mass is 365 g/mol. The van der Waals surface area contributed by atoms with Crippen LogP contribution in [-0.4, -0.2) is 33.3 Å². The van der Waals surface area contributed by atoms with Gasteiger partial charge in [0.05, 0.1) is 18.8 Å². The van der Waals surface area contributed by atoms with Crippen LogP contribution in [0.15, 0.2) is 40.9 Å². The Morgan fingerprint density at radius 3 is 2.74 bits per heavy atom. The van der Waals surface area contributed by atoms with Gasteiger partial charge < -0.3 is 14.7 Å². The van der Waals surface area contributed by atoms with Crippen LogP contribution < -0.4 is 10.2 Å². The second-order valence-electron chi connectivity index (χ2n) is 6.42. The average molecular weight is 365 g/mol. The van der Waals surface area contributed by atoms with Crippen molar-refractivity contribution in [3.8, 4) is 0 Å². The Morgan fingerprint density at radius 2 is 2.07 bits per heavy atom. The van der Waals surface area contributed by atoms with Crippen LogP contribution >= 0.6 is 0 Å². The summed E-state index contributed by atoms with van der Waals surface area (Å²) in [7, 11) is 0. The second-order valence-corrected chi connectivity index (χ2v) is 6.42. The highest BCUT2D eigenvalue weighted by atomic mass is 16.5. The number of aromatic nitrogens is 3. The largest absolute Gasteiger partial charge is 0.361 e. The van der Waals surface area contributed by atoms with Gasteiger partial charge in [-0.15, -0.1) is 0 Å². The maximum absolute atomic E-state index is 13.3. The number of carbonyl (C=O) groups excluding carboxylic acids is 2. The molecule has 2 aromatic heterocycles. The van der Waals surface area contributed by atoms with Crippen molar-refractivity contribution < 1.29 is 14.1 Å². The van der Waals surface area contributed by atoms with Gasteiger partial charge in [-0.2, -0.15) is 5.10 Å². The summed E-state index contributed by atoms with van der Waals surface area (Å²) < 4.78 is 6.81. The Hall–Kier alpha value is -3.42. The number of nitrogens with zero attached hydrogens (tertiary/aromatic N) is 4. The third-order valence-corrected chi connectivity index (χ3v) is 4.65. The summed E-state index contributed by atoms with van der Waals surface area (Å²) in [5.41, 5.74) is 2.96. The van der Waals surface area contributed by atoms with Crippen molar-refractivity contribution in [2.75, 3.05) is 11.4 Å². The number of nitrogens with one attached hydrogen (secondary N) is 1. The molecule has 1 aliphatic rings. The summed E-state index contributed by atoms with van der Waals surface area (Å²) >= 11 is 0. The molecule has 8 heteroatoms. The molecule has 0 unspecified atom stereocenters. The Balaban J connectivity index is 1.72. The van der Waals surface area contributed by atoms with Crippen molar-refractivity contribution in [1.82, 2.24) is 20.3 Å². The number of amides is 2. The second kappa shape index (κ2) is 6.71. The molecule has 2 amide bonds. The highest BCUT2D eigenvalue weighted by Crippen LogP contribution is 2.23. The molecular weight excluding hydrogens is 346 g/mol. The number of aryl methyl sites for hydroxylation is 2. The van der Waals surface area contributed by atoms with Gasteiger partial charge >= 0.3 is 0 Å². The minimum Gasteiger partial charge on any atom is -0.361 e. The molecule has 27 heavy (non-hydrogen) atoms. The van der Waals surface area contributed by atoms with Gasteiger partial charge in [-0.05, 0) is 26.0 Å². The molecule has 3 aromatic rings. The molecule has 4 rings (SSSR count). The van der Waals surface area contributed by atoms with E-state index in [2.05, 4.69) is 15.6 Å². The number of fused-ring (bicyclic) bond motifs is 1. The molecule has 0 fully saturated rings. The minimum absolute atomic E-state index is 0.218. The van der Waals surface area contributed by atoms with Gasteiger partial charge in [0, 0.05) is 23.9 Å². The lowest BCUT2D eigenvalue weighted by Crippen LogP contribution is -2.35. The highest BCUT2D eigenvalue weighted by molar-refractivity contribution is 6.06. The molecule has 0 aliphatic carbocycles. The summed E-state index contributed by atoms with van der Waals surface area (Å²) in [5, 5.41) is 11.1. The van der Waals surface area contributed by atoms with Gasteiger partial charge in [0.15, 0.2) is 5.69 Å². The van der Waals surface area contributed by atoms with Gasteiger partial charge in [0.2, 0.25) is 0 Å². The van der Waals surface area contributed by atoms with Crippen molar-refractivity contribution >= 4 is 17.5 Å². The zero-order valence-electron chi connectivity index (χ0n) is 15.1. The number of benzene rings is 1. The number of hydrogen-bond donors (Lipinski definition) is 1. The fourth-order valence-corrected chi connectivity index (χ4v) is 3.15. The van der Waals surface area contributed by atoms with E-state index < -0.39 is 0 Å². The topological polar surface area (TPSA) is 93.3 Å². The first-order valence-electron chi connectivity index (χ1n) is 8.69. The molecule has 0 bridgehead atoms. The number of carbonyl (C=O) groups is 2. The molecule has 0 saturated carbocycles. The number of para-hydroxylation sites is 1. The summed E-state index contributed by atoms with van der Waals surface area (Å²) in [6.07, 6.45) is 0. The number of anilines is 1. The lowest BCUT2D eigenvalue weighted by atomic mass is 10.1. The lowest BCUT2D eigenvalue weighted by molar-refractivity contribution is 0.0922. The molecule has 0 radical (unpaired) electrons. The fraction of sp³-hybridized carbons (Fsp3) is 0.263. The van der Waals surface area contributed by atoms with Crippen LogP contribution in [0.1, 0.15) is 38.0 Å². The van der Waals surface area contributed by atoms with Crippen LogP contribution in [0.5, 0.6) is 0 Å². The van der Waals surface area contributed by atoms with Crippen molar-refractivity contribution in [2.24, 2.45) is 0 Å². The Labute approximate surface area is 155 Å². The summed E-state index contributed by atoms with van der Waals surface area (Å²) in [6, 6.07) is 10.9. The third kappa shape index (κ3) is 3.10. The first kappa shape index (κ1) is 17.0. The summed E-state index contributed by atoms with van der Waals surface area (Å²) in [5.74, 6) is 0.172. The standard InChI is InChI=1S/C19H19N5O3/c1-12-15(13(2)27-22-12)11-23(14-6-4-3-5-7-14)19(26)16-10-17-18(25)20-8-9-24(17)21-16/h3-7,10H,8-9,11H2,1-2H3,(H,20,25). The molecule has 8 nitrogen and oxygen atoms in total. The third-order valence-electron chi connectivity index (χ3n) is 4.65. The van der Waals surface area contributed by atoms with Crippen molar-refractivity contribution in [3.05, 3.63) is 64.8 Å². The lowest BCUT2D eigenvalue weighted by Gasteiger charge is -2.22. The Bertz CT molecular complexity index is 986. The smallest absolute Gasteiger partial charge is 0.279 e. The van der Waals surface area contributed by atoms with Crippen LogP contribution in [0.4, 0.5) is 5.69 Å². The van der Waals surface area contributed by atoms with Crippen LogP contribution in [0.3, 0.4) is 0 Å². The summed E-state index contributed by atoms with van der Waals surface area (Å²) in [6.45, 7) is 5.02. The predicted octanol–water partition coefficient (Wildman–Crippen LogP) is 2.08. The van der Waals surface area contributed by atoms with Crippen LogP contribution in [0.2, 0.25) is 0 Å². The van der Waals surface area contributed by atoms with E-state index in [1.165, 1.54) is 0 Å². The fourth-order valence-electron chi connectivity index (χ4n) is 3.15.